The van der Waals surface area contributed by atoms with Crippen molar-refractivity contribution in [2.45, 2.75) is 26.4 Å². The summed E-state index contributed by atoms with van der Waals surface area (Å²) in [7, 11) is 0. The first-order valence-corrected chi connectivity index (χ1v) is 10.7. The molecule has 0 unspecified atom stereocenters. The fourth-order valence-electron chi connectivity index (χ4n) is 2.94. The Hall–Kier alpha value is -2.71. The van der Waals surface area contributed by atoms with E-state index in [0.717, 1.165) is 5.56 Å². The number of para-hydroxylation sites is 1. The van der Waals surface area contributed by atoms with Gasteiger partial charge in [0.1, 0.15) is 18.5 Å². The second-order valence-electron chi connectivity index (χ2n) is 7.07. The van der Waals surface area contributed by atoms with E-state index in [4.69, 9.17) is 19.3 Å². The molecule has 2 atom stereocenters. The van der Waals surface area contributed by atoms with Crippen LogP contribution in [0.5, 0.6) is 5.75 Å². The molecule has 0 saturated heterocycles. The number of hydrogen-bond acceptors (Lipinski definition) is 7. The van der Waals surface area contributed by atoms with Gasteiger partial charge in [-0.3, -0.25) is 10.1 Å². The summed E-state index contributed by atoms with van der Waals surface area (Å²) in [6.45, 7) is 4.03. The van der Waals surface area contributed by atoms with Crippen LogP contribution in [-0.4, -0.2) is 42.7 Å². The van der Waals surface area contributed by atoms with Gasteiger partial charge in [-0.05, 0) is 31.5 Å². The molecule has 0 aliphatic rings. The highest BCUT2D eigenvalue weighted by atomic mass is 32.1. The average molecular weight is 448 g/mol. The third-order valence-electron chi connectivity index (χ3n) is 4.59. The van der Waals surface area contributed by atoms with E-state index < -0.39 is 18.2 Å². The highest BCUT2D eigenvalue weighted by molar-refractivity contribution is 7.81. The summed E-state index contributed by atoms with van der Waals surface area (Å²) >= 11 is 3.89. The third kappa shape index (κ3) is 8.15. The molecule has 0 aliphatic heterocycles. The molecule has 2 N–H and O–H groups in total. The molecule has 2 aromatic carbocycles. The molecule has 2 aromatic rings. The number of aryl methyl sites for hydroxylation is 1. The van der Waals surface area contributed by atoms with Crippen molar-refractivity contribution in [2.24, 2.45) is 5.92 Å². The number of esters is 1. The van der Waals surface area contributed by atoms with E-state index >= 15 is 0 Å². The van der Waals surface area contributed by atoms with Gasteiger partial charge in [0.25, 0.3) is 0 Å². The van der Waals surface area contributed by atoms with Crippen LogP contribution in [0.2, 0.25) is 0 Å². The standard InChI is InChI=1S/C23H29NO6S/c1-16-7-9-18(10-8-16)24-23(27)30-22(17(2)11-13-29-21(26)15-31)19-5-3-4-6-20(19)28-14-12-25/h3-10,17,22,25,31H,11-15H2,1-2H3,(H,24,27)/t17-,22+/m0/s1. The molecule has 168 valence electrons. The Morgan fingerprint density at radius 3 is 2.48 bits per heavy atom. The summed E-state index contributed by atoms with van der Waals surface area (Å²) < 4.78 is 16.5. The number of aliphatic hydroxyl groups excluding tert-OH is 1. The van der Waals surface area contributed by atoms with Gasteiger partial charge in [0.05, 0.1) is 19.0 Å². The minimum absolute atomic E-state index is 0.00506. The normalized spacial score (nSPS) is 12.5. The third-order valence-corrected chi connectivity index (χ3v) is 4.85. The highest BCUT2D eigenvalue weighted by Crippen LogP contribution is 2.35. The second kappa shape index (κ2) is 12.9. The Morgan fingerprint density at radius 1 is 1.10 bits per heavy atom. The Labute approximate surface area is 188 Å². The quantitative estimate of drug-likeness (QED) is 0.354. The van der Waals surface area contributed by atoms with E-state index in [0.29, 0.717) is 23.4 Å². The van der Waals surface area contributed by atoms with Crippen molar-refractivity contribution in [3.8, 4) is 5.75 Å². The summed E-state index contributed by atoms with van der Waals surface area (Å²) in [4.78, 5) is 24.0. The SMILES string of the molecule is Cc1ccc(NC(=O)O[C@@H](c2ccccc2OCCO)[C@@H](C)CCOC(=O)CS)cc1. The van der Waals surface area contributed by atoms with Gasteiger partial charge in [0, 0.05) is 17.2 Å². The zero-order valence-corrected chi connectivity index (χ0v) is 18.6. The summed E-state index contributed by atoms with van der Waals surface area (Å²) in [5, 5.41) is 11.8. The minimum atomic E-state index is -0.657. The molecule has 0 bridgehead atoms. The molecule has 0 aromatic heterocycles. The first-order valence-electron chi connectivity index (χ1n) is 10.1. The van der Waals surface area contributed by atoms with E-state index in [9.17, 15) is 9.59 Å². The number of carbonyl (C=O) groups excluding carboxylic acids is 2. The Balaban J connectivity index is 2.17. The van der Waals surface area contributed by atoms with E-state index in [1.54, 1.807) is 24.3 Å². The highest BCUT2D eigenvalue weighted by Gasteiger charge is 2.27. The summed E-state index contributed by atoms with van der Waals surface area (Å²) in [5.41, 5.74) is 2.37. The molecule has 7 nitrogen and oxygen atoms in total. The van der Waals surface area contributed by atoms with Gasteiger partial charge in [-0.25, -0.2) is 4.79 Å². The summed E-state index contributed by atoms with van der Waals surface area (Å²) in [6, 6.07) is 14.6. The van der Waals surface area contributed by atoms with Crippen LogP contribution in [0.15, 0.2) is 48.5 Å². The average Bonchev–Trinajstić information content (AvgIpc) is 2.77. The van der Waals surface area contributed by atoms with Crippen LogP contribution in [0.4, 0.5) is 10.5 Å². The van der Waals surface area contributed by atoms with Gasteiger partial charge >= 0.3 is 12.1 Å². The van der Waals surface area contributed by atoms with Crippen molar-refractivity contribution in [3.05, 3.63) is 59.7 Å². The number of ether oxygens (including phenoxy) is 3. The van der Waals surface area contributed by atoms with Crippen molar-refractivity contribution in [3.63, 3.8) is 0 Å². The fraction of sp³-hybridized carbons (Fsp3) is 0.391. The van der Waals surface area contributed by atoms with Gasteiger partial charge in [0.2, 0.25) is 0 Å². The molecule has 0 fully saturated rings. The summed E-state index contributed by atoms with van der Waals surface area (Å²) in [5.74, 6) is -0.0680. The van der Waals surface area contributed by atoms with Crippen LogP contribution >= 0.6 is 12.6 Å². The van der Waals surface area contributed by atoms with Gasteiger partial charge in [-0.1, -0.05) is 42.8 Å². The first kappa shape index (κ1) is 24.6. The van der Waals surface area contributed by atoms with Crippen molar-refractivity contribution in [2.75, 3.05) is 30.9 Å². The van der Waals surface area contributed by atoms with Crippen molar-refractivity contribution in [1.82, 2.24) is 0 Å². The van der Waals surface area contributed by atoms with Crippen LogP contribution in [0, 0.1) is 12.8 Å². The Kier molecular flexibility index (Phi) is 10.2. The molecular formula is C23H29NO6S. The number of benzene rings is 2. The lowest BCUT2D eigenvalue weighted by atomic mass is 9.94. The predicted octanol–water partition coefficient (Wildman–Crippen LogP) is 4.16. The molecular weight excluding hydrogens is 418 g/mol. The molecule has 8 heteroatoms. The fourth-order valence-corrected chi connectivity index (χ4v) is 3.04. The molecule has 1 amide bonds. The second-order valence-corrected chi connectivity index (χ2v) is 7.39. The van der Waals surface area contributed by atoms with Gasteiger partial charge < -0.3 is 19.3 Å². The van der Waals surface area contributed by atoms with Crippen LogP contribution in [0.25, 0.3) is 0 Å². The molecule has 31 heavy (non-hydrogen) atoms. The number of hydrogen-bond donors (Lipinski definition) is 3. The zero-order valence-electron chi connectivity index (χ0n) is 17.7. The molecule has 0 heterocycles. The molecule has 0 radical (unpaired) electrons. The molecule has 2 rings (SSSR count). The maximum atomic E-state index is 12.6. The number of aliphatic hydroxyl groups is 1. The number of carbonyl (C=O) groups is 2. The van der Waals surface area contributed by atoms with E-state index in [1.165, 1.54) is 0 Å². The maximum absolute atomic E-state index is 12.6. The van der Waals surface area contributed by atoms with Crippen molar-refractivity contribution >= 4 is 30.4 Å². The van der Waals surface area contributed by atoms with Gasteiger partial charge in [-0.2, -0.15) is 12.6 Å². The smallest absolute Gasteiger partial charge is 0.412 e. The van der Waals surface area contributed by atoms with E-state index in [2.05, 4.69) is 17.9 Å². The number of amides is 1. The van der Waals surface area contributed by atoms with Crippen LogP contribution in [-0.2, 0) is 14.3 Å². The number of anilines is 1. The van der Waals surface area contributed by atoms with Gasteiger partial charge in [0.15, 0.2) is 0 Å². The Morgan fingerprint density at radius 2 is 1.81 bits per heavy atom. The number of thiol groups is 1. The van der Waals surface area contributed by atoms with Crippen LogP contribution in [0.1, 0.15) is 30.6 Å². The van der Waals surface area contributed by atoms with E-state index in [-0.39, 0.29) is 31.5 Å². The van der Waals surface area contributed by atoms with E-state index in [1.807, 2.05) is 38.1 Å². The van der Waals surface area contributed by atoms with Crippen LogP contribution < -0.4 is 10.1 Å². The molecule has 0 aliphatic carbocycles. The lowest BCUT2D eigenvalue weighted by molar-refractivity contribution is -0.141. The van der Waals surface area contributed by atoms with Gasteiger partial charge in [-0.15, -0.1) is 0 Å². The number of nitrogens with one attached hydrogen (secondary N) is 1. The lowest BCUT2D eigenvalue weighted by Gasteiger charge is -2.26. The molecule has 0 saturated carbocycles. The van der Waals surface area contributed by atoms with Crippen LogP contribution in [0.3, 0.4) is 0 Å². The Bertz CT molecular complexity index is 842. The summed E-state index contributed by atoms with van der Waals surface area (Å²) in [6.07, 6.45) is -0.795. The lowest BCUT2D eigenvalue weighted by Crippen LogP contribution is -2.24. The number of rotatable bonds is 11. The van der Waals surface area contributed by atoms with Crippen molar-refractivity contribution < 1.29 is 28.9 Å². The molecule has 0 spiro atoms. The maximum Gasteiger partial charge on any atom is 0.412 e. The zero-order chi connectivity index (χ0) is 22.6. The first-order chi connectivity index (χ1) is 14.9. The predicted molar refractivity (Wildman–Crippen MR) is 122 cm³/mol. The largest absolute Gasteiger partial charge is 0.491 e. The minimum Gasteiger partial charge on any atom is -0.491 e. The monoisotopic (exact) mass is 447 g/mol. The topological polar surface area (TPSA) is 94.1 Å². The van der Waals surface area contributed by atoms with Crippen molar-refractivity contribution in [1.29, 1.82) is 0 Å².